The van der Waals surface area contributed by atoms with Crippen LogP contribution in [0.2, 0.25) is 0 Å². The second-order valence-electron chi connectivity index (χ2n) is 4.88. The Bertz CT molecular complexity index is 373. The Labute approximate surface area is 107 Å². The summed E-state index contributed by atoms with van der Waals surface area (Å²) < 4.78 is 27.1. The molecule has 4 heteroatoms. The topological polar surface area (TPSA) is 15.3 Å². The maximum absolute atomic E-state index is 13.6. The molecule has 1 fully saturated rings. The molecule has 1 unspecified atom stereocenters. The molecule has 18 heavy (non-hydrogen) atoms. The normalized spacial score (nSPS) is 21.2. The molecule has 1 N–H and O–H groups in total. The smallest absolute Gasteiger partial charge is 0.130 e. The Morgan fingerprint density at radius 3 is 2.72 bits per heavy atom. The van der Waals surface area contributed by atoms with Crippen LogP contribution in [-0.2, 0) is 6.54 Å². The van der Waals surface area contributed by atoms with Crippen molar-refractivity contribution in [2.24, 2.45) is 0 Å². The average Bonchev–Trinajstić information content (AvgIpc) is 2.35. The molecule has 0 saturated carbocycles. The molecule has 2 rings (SSSR count). The number of piperazine rings is 1. The Kier molecular flexibility index (Phi) is 4.66. The van der Waals surface area contributed by atoms with Gasteiger partial charge in [-0.3, -0.25) is 4.90 Å². The molecule has 1 atom stereocenters. The number of hydrogen-bond donors (Lipinski definition) is 1. The maximum atomic E-state index is 13.6. The first-order valence-electron chi connectivity index (χ1n) is 6.59. The van der Waals surface area contributed by atoms with Crippen molar-refractivity contribution in [1.82, 2.24) is 10.2 Å². The van der Waals surface area contributed by atoms with Gasteiger partial charge in [-0.25, -0.2) is 8.78 Å². The van der Waals surface area contributed by atoms with E-state index in [1.165, 1.54) is 18.2 Å². The van der Waals surface area contributed by atoms with E-state index >= 15 is 0 Å². The highest BCUT2D eigenvalue weighted by Crippen LogP contribution is 2.16. The fraction of sp³-hybridized carbons (Fsp3) is 0.571. The molecule has 1 aliphatic heterocycles. The minimum absolute atomic E-state index is 0.189. The van der Waals surface area contributed by atoms with Gasteiger partial charge in [-0.2, -0.15) is 0 Å². The summed E-state index contributed by atoms with van der Waals surface area (Å²) in [4.78, 5) is 2.12. The van der Waals surface area contributed by atoms with Gasteiger partial charge in [0.1, 0.15) is 11.6 Å². The molecule has 100 valence electrons. The van der Waals surface area contributed by atoms with Crippen molar-refractivity contribution in [3.05, 3.63) is 35.4 Å². The third kappa shape index (κ3) is 3.27. The largest absolute Gasteiger partial charge is 0.311 e. The first-order valence-corrected chi connectivity index (χ1v) is 6.59. The van der Waals surface area contributed by atoms with Gasteiger partial charge in [0.15, 0.2) is 0 Å². The standard InChI is InChI=1S/C14H20F2N2/c1-2-4-11-9-18(8-7-17-11)10-12-13(15)5-3-6-14(12)16/h3,5-6,11,17H,2,4,7-10H2,1H3. The molecule has 0 radical (unpaired) electrons. The van der Waals surface area contributed by atoms with Crippen LogP contribution in [0.25, 0.3) is 0 Å². The summed E-state index contributed by atoms with van der Waals surface area (Å²) in [5.74, 6) is -0.888. The molecule has 1 heterocycles. The van der Waals surface area contributed by atoms with Gasteiger partial charge >= 0.3 is 0 Å². The van der Waals surface area contributed by atoms with Crippen LogP contribution >= 0.6 is 0 Å². The predicted octanol–water partition coefficient (Wildman–Crippen LogP) is 2.54. The zero-order chi connectivity index (χ0) is 13.0. The molecule has 2 nitrogen and oxygen atoms in total. The van der Waals surface area contributed by atoms with Crippen LogP contribution in [0, 0.1) is 11.6 Å². The van der Waals surface area contributed by atoms with Gasteiger partial charge in [0.05, 0.1) is 0 Å². The van der Waals surface area contributed by atoms with Gasteiger partial charge in [-0.1, -0.05) is 19.4 Å². The average molecular weight is 254 g/mol. The minimum atomic E-state index is -0.444. The second kappa shape index (κ2) is 6.25. The fourth-order valence-electron chi connectivity index (χ4n) is 2.49. The second-order valence-corrected chi connectivity index (χ2v) is 4.88. The lowest BCUT2D eigenvalue weighted by molar-refractivity contribution is 0.183. The monoisotopic (exact) mass is 254 g/mol. The molecule has 0 amide bonds. The summed E-state index contributed by atoms with van der Waals surface area (Å²) >= 11 is 0. The van der Waals surface area contributed by atoms with E-state index in [4.69, 9.17) is 0 Å². The van der Waals surface area contributed by atoms with E-state index in [2.05, 4.69) is 17.1 Å². The SMILES string of the molecule is CCCC1CN(Cc2c(F)cccc2F)CCN1. The summed E-state index contributed by atoms with van der Waals surface area (Å²) in [7, 11) is 0. The molecule has 1 aliphatic rings. The summed E-state index contributed by atoms with van der Waals surface area (Å²) in [6.45, 7) is 5.11. The molecule has 1 aromatic rings. The van der Waals surface area contributed by atoms with Crippen molar-refractivity contribution < 1.29 is 8.78 Å². The van der Waals surface area contributed by atoms with E-state index < -0.39 is 11.6 Å². The number of nitrogens with zero attached hydrogens (tertiary/aromatic N) is 1. The number of rotatable bonds is 4. The lowest BCUT2D eigenvalue weighted by atomic mass is 10.1. The number of halogens is 2. The van der Waals surface area contributed by atoms with Crippen LogP contribution in [0.4, 0.5) is 8.78 Å². The van der Waals surface area contributed by atoms with Crippen LogP contribution in [0.1, 0.15) is 25.3 Å². The summed E-state index contributed by atoms with van der Waals surface area (Å²) in [5.41, 5.74) is 0.189. The Morgan fingerprint density at radius 2 is 2.06 bits per heavy atom. The van der Waals surface area contributed by atoms with Gasteiger partial charge in [-0.15, -0.1) is 0 Å². The number of nitrogens with one attached hydrogen (secondary N) is 1. The molecule has 0 spiro atoms. The zero-order valence-corrected chi connectivity index (χ0v) is 10.8. The highest BCUT2D eigenvalue weighted by Gasteiger charge is 2.20. The Morgan fingerprint density at radius 1 is 1.33 bits per heavy atom. The van der Waals surface area contributed by atoms with E-state index in [1.807, 2.05) is 0 Å². The van der Waals surface area contributed by atoms with Crippen LogP contribution in [0.3, 0.4) is 0 Å². The van der Waals surface area contributed by atoms with Crippen LogP contribution in [-0.4, -0.2) is 30.6 Å². The molecule has 0 bridgehead atoms. The zero-order valence-electron chi connectivity index (χ0n) is 10.8. The summed E-state index contributed by atoms with van der Waals surface area (Å²) in [6.07, 6.45) is 2.23. The quantitative estimate of drug-likeness (QED) is 0.888. The van der Waals surface area contributed by atoms with Crippen LogP contribution in [0.15, 0.2) is 18.2 Å². The van der Waals surface area contributed by atoms with Crippen LogP contribution in [0.5, 0.6) is 0 Å². The van der Waals surface area contributed by atoms with Crippen LogP contribution < -0.4 is 5.32 Å². The van der Waals surface area contributed by atoms with Crippen molar-refractivity contribution in [2.45, 2.75) is 32.4 Å². The summed E-state index contributed by atoms with van der Waals surface area (Å²) in [6, 6.07) is 4.50. The number of hydrogen-bond acceptors (Lipinski definition) is 2. The molecule has 1 aromatic carbocycles. The van der Waals surface area contributed by atoms with Gasteiger partial charge in [0.2, 0.25) is 0 Å². The van der Waals surface area contributed by atoms with Crippen molar-refractivity contribution in [2.75, 3.05) is 19.6 Å². The van der Waals surface area contributed by atoms with E-state index in [0.29, 0.717) is 12.6 Å². The highest BCUT2D eigenvalue weighted by atomic mass is 19.1. The third-order valence-corrected chi connectivity index (χ3v) is 3.42. The number of benzene rings is 1. The fourth-order valence-corrected chi connectivity index (χ4v) is 2.49. The van der Waals surface area contributed by atoms with Crippen molar-refractivity contribution >= 4 is 0 Å². The Balaban J connectivity index is 2.00. The van der Waals surface area contributed by atoms with Gasteiger partial charge in [0.25, 0.3) is 0 Å². The predicted molar refractivity (Wildman–Crippen MR) is 68.3 cm³/mol. The van der Waals surface area contributed by atoms with E-state index in [-0.39, 0.29) is 5.56 Å². The van der Waals surface area contributed by atoms with E-state index in [0.717, 1.165) is 32.5 Å². The lowest BCUT2D eigenvalue weighted by Gasteiger charge is -2.33. The van der Waals surface area contributed by atoms with Gasteiger partial charge in [0, 0.05) is 37.8 Å². The van der Waals surface area contributed by atoms with Gasteiger partial charge in [-0.05, 0) is 18.6 Å². The van der Waals surface area contributed by atoms with Gasteiger partial charge < -0.3 is 5.32 Å². The maximum Gasteiger partial charge on any atom is 0.130 e. The highest BCUT2D eigenvalue weighted by molar-refractivity contribution is 5.19. The molecule has 0 aromatic heterocycles. The lowest BCUT2D eigenvalue weighted by Crippen LogP contribution is -2.50. The minimum Gasteiger partial charge on any atom is -0.311 e. The first-order chi connectivity index (χ1) is 8.70. The summed E-state index contributed by atoms with van der Waals surface area (Å²) in [5, 5.41) is 3.44. The van der Waals surface area contributed by atoms with Crippen molar-refractivity contribution in [3.8, 4) is 0 Å². The van der Waals surface area contributed by atoms with E-state index in [9.17, 15) is 8.78 Å². The molecular formula is C14H20F2N2. The third-order valence-electron chi connectivity index (χ3n) is 3.42. The van der Waals surface area contributed by atoms with Crippen molar-refractivity contribution in [1.29, 1.82) is 0 Å². The van der Waals surface area contributed by atoms with E-state index in [1.54, 1.807) is 0 Å². The molecule has 0 aliphatic carbocycles. The molecular weight excluding hydrogens is 234 g/mol. The molecule has 1 saturated heterocycles. The van der Waals surface area contributed by atoms with Crippen molar-refractivity contribution in [3.63, 3.8) is 0 Å². The first kappa shape index (κ1) is 13.4. The Hall–Kier alpha value is -1.00.